The van der Waals surface area contributed by atoms with Gasteiger partial charge in [-0.1, -0.05) is 41.5 Å². The SMILES string of the molecule is CC(C)(C)C1CC(C(C)(C)C)C(=O)O1. The van der Waals surface area contributed by atoms with Crippen LogP contribution in [0, 0.1) is 16.7 Å². The Kier molecular flexibility index (Phi) is 2.68. The van der Waals surface area contributed by atoms with E-state index in [-0.39, 0.29) is 28.8 Å². The Morgan fingerprint density at radius 1 is 1.07 bits per heavy atom. The van der Waals surface area contributed by atoms with Gasteiger partial charge >= 0.3 is 5.97 Å². The molecule has 0 bridgehead atoms. The van der Waals surface area contributed by atoms with Crippen LogP contribution in [0.4, 0.5) is 0 Å². The van der Waals surface area contributed by atoms with Crippen LogP contribution in [0.2, 0.25) is 0 Å². The predicted molar refractivity (Wildman–Crippen MR) is 56.9 cm³/mol. The van der Waals surface area contributed by atoms with Crippen molar-refractivity contribution in [1.29, 1.82) is 0 Å². The third-order valence-electron chi connectivity index (χ3n) is 3.00. The maximum atomic E-state index is 11.7. The molecule has 14 heavy (non-hydrogen) atoms. The summed E-state index contributed by atoms with van der Waals surface area (Å²) >= 11 is 0. The monoisotopic (exact) mass is 198 g/mol. The van der Waals surface area contributed by atoms with Crippen LogP contribution in [-0.2, 0) is 9.53 Å². The first-order valence-corrected chi connectivity index (χ1v) is 5.33. The Morgan fingerprint density at radius 3 is 1.79 bits per heavy atom. The first kappa shape index (κ1) is 11.5. The first-order valence-electron chi connectivity index (χ1n) is 5.33. The molecule has 2 atom stereocenters. The summed E-state index contributed by atoms with van der Waals surface area (Å²) in [6, 6.07) is 0. The fourth-order valence-corrected chi connectivity index (χ4v) is 1.82. The van der Waals surface area contributed by atoms with Gasteiger partial charge in [0.1, 0.15) is 6.10 Å². The van der Waals surface area contributed by atoms with E-state index >= 15 is 0 Å². The van der Waals surface area contributed by atoms with E-state index in [1.165, 1.54) is 0 Å². The minimum atomic E-state index is -0.0163. The summed E-state index contributed by atoms with van der Waals surface area (Å²) in [4.78, 5) is 11.7. The fraction of sp³-hybridized carbons (Fsp3) is 0.917. The van der Waals surface area contributed by atoms with Crippen molar-refractivity contribution in [3.05, 3.63) is 0 Å². The van der Waals surface area contributed by atoms with Gasteiger partial charge in [0.15, 0.2) is 0 Å². The molecule has 0 aromatic heterocycles. The van der Waals surface area contributed by atoms with E-state index in [4.69, 9.17) is 4.74 Å². The summed E-state index contributed by atoms with van der Waals surface area (Å²) in [6.07, 6.45) is 0.950. The van der Waals surface area contributed by atoms with Crippen LogP contribution in [0.5, 0.6) is 0 Å². The first-order chi connectivity index (χ1) is 6.12. The highest BCUT2D eigenvalue weighted by Gasteiger charge is 2.45. The zero-order chi connectivity index (χ0) is 11.1. The van der Waals surface area contributed by atoms with Gasteiger partial charge in [-0.2, -0.15) is 0 Å². The smallest absolute Gasteiger partial charge is 0.309 e. The predicted octanol–water partition coefficient (Wildman–Crippen LogP) is 3.01. The average Bonchev–Trinajstić information content (AvgIpc) is 2.27. The van der Waals surface area contributed by atoms with E-state index in [0.29, 0.717) is 0 Å². The number of carbonyl (C=O) groups excluding carboxylic acids is 1. The molecule has 0 amide bonds. The van der Waals surface area contributed by atoms with Crippen LogP contribution >= 0.6 is 0 Å². The van der Waals surface area contributed by atoms with Gasteiger partial charge < -0.3 is 4.74 Å². The van der Waals surface area contributed by atoms with Gasteiger partial charge in [-0.25, -0.2) is 0 Å². The molecule has 2 nitrogen and oxygen atoms in total. The number of hydrogen-bond donors (Lipinski definition) is 0. The van der Waals surface area contributed by atoms with Crippen LogP contribution in [-0.4, -0.2) is 12.1 Å². The summed E-state index contributed by atoms with van der Waals surface area (Å²) in [5.74, 6) is 0.0455. The molecule has 0 N–H and O–H groups in total. The molecule has 2 heteroatoms. The number of carbonyl (C=O) groups is 1. The molecule has 0 aromatic rings. The summed E-state index contributed by atoms with van der Waals surface area (Å²) in [6.45, 7) is 12.7. The van der Waals surface area contributed by atoms with Gasteiger partial charge in [0, 0.05) is 0 Å². The van der Waals surface area contributed by atoms with Crippen molar-refractivity contribution in [2.24, 2.45) is 16.7 Å². The van der Waals surface area contributed by atoms with Gasteiger partial charge in [-0.15, -0.1) is 0 Å². The second-order valence-electron chi connectivity index (χ2n) is 6.45. The van der Waals surface area contributed by atoms with Crippen LogP contribution in [0.25, 0.3) is 0 Å². The van der Waals surface area contributed by atoms with E-state index in [1.807, 2.05) is 0 Å². The van der Waals surface area contributed by atoms with Gasteiger partial charge in [-0.3, -0.25) is 4.79 Å². The molecule has 0 spiro atoms. The molecular weight excluding hydrogens is 176 g/mol. The van der Waals surface area contributed by atoms with Crippen molar-refractivity contribution in [3.8, 4) is 0 Å². The molecule has 0 radical (unpaired) electrons. The second-order valence-corrected chi connectivity index (χ2v) is 6.45. The zero-order valence-corrected chi connectivity index (χ0v) is 10.2. The van der Waals surface area contributed by atoms with E-state index in [9.17, 15) is 4.79 Å². The molecule has 0 aromatic carbocycles. The highest BCUT2D eigenvalue weighted by molar-refractivity contribution is 5.75. The van der Waals surface area contributed by atoms with E-state index in [1.54, 1.807) is 0 Å². The molecule has 0 saturated carbocycles. The number of rotatable bonds is 0. The van der Waals surface area contributed by atoms with Gasteiger partial charge in [0.2, 0.25) is 0 Å². The molecule has 0 aliphatic carbocycles. The number of ether oxygens (including phenoxy) is 1. The molecule has 1 fully saturated rings. The van der Waals surface area contributed by atoms with Crippen molar-refractivity contribution in [2.45, 2.75) is 54.1 Å². The summed E-state index contributed by atoms with van der Waals surface area (Å²) < 4.78 is 5.43. The van der Waals surface area contributed by atoms with Crippen molar-refractivity contribution in [2.75, 3.05) is 0 Å². The third-order valence-corrected chi connectivity index (χ3v) is 3.00. The Hall–Kier alpha value is -0.530. The summed E-state index contributed by atoms with van der Waals surface area (Å²) in [7, 11) is 0. The molecule has 1 aliphatic rings. The normalized spacial score (nSPS) is 29.1. The Bertz CT molecular complexity index is 230. The minimum Gasteiger partial charge on any atom is -0.462 e. The molecular formula is C12H22O2. The maximum Gasteiger partial charge on any atom is 0.309 e. The lowest BCUT2D eigenvalue weighted by atomic mass is 9.76. The van der Waals surface area contributed by atoms with Crippen molar-refractivity contribution in [3.63, 3.8) is 0 Å². The topological polar surface area (TPSA) is 26.3 Å². The highest BCUT2D eigenvalue weighted by atomic mass is 16.6. The highest BCUT2D eigenvalue weighted by Crippen LogP contribution is 2.41. The summed E-state index contributed by atoms with van der Waals surface area (Å²) in [5, 5.41) is 0. The van der Waals surface area contributed by atoms with E-state index < -0.39 is 0 Å². The average molecular weight is 198 g/mol. The molecule has 1 rings (SSSR count). The van der Waals surface area contributed by atoms with Crippen molar-refractivity contribution in [1.82, 2.24) is 0 Å². The molecule has 1 heterocycles. The van der Waals surface area contributed by atoms with E-state index in [2.05, 4.69) is 41.5 Å². The lowest BCUT2D eigenvalue weighted by Crippen LogP contribution is -2.26. The molecule has 1 aliphatic heterocycles. The Balaban J connectivity index is 2.75. The molecule has 1 saturated heterocycles. The number of cyclic esters (lactones) is 1. The van der Waals surface area contributed by atoms with Crippen LogP contribution in [0.3, 0.4) is 0 Å². The summed E-state index contributed by atoms with van der Waals surface area (Å²) in [5.41, 5.74) is 0.0900. The fourth-order valence-electron chi connectivity index (χ4n) is 1.82. The standard InChI is InChI=1S/C12H22O2/c1-11(2,3)8-7-9(12(4,5)6)14-10(8)13/h8-9H,7H2,1-6H3. The van der Waals surface area contributed by atoms with Crippen molar-refractivity contribution < 1.29 is 9.53 Å². The number of hydrogen-bond acceptors (Lipinski definition) is 2. The van der Waals surface area contributed by atoms with Gasteiger partial charge in [-0.05, 0) is 17.3 Å². The molecule has 82 valence electrons. The van der Waals surface area contributed by atoms with Crippen LogP contribution < -0.4 is 0 Å². The Morgan fingerprint density at radius 2 is 1.57 bits per heavy atom. The van der Waals surface area contributed by atoms with Gasteiger partial charge in [0.25, 0.3) is 0 Å². The van der Waals surface area contributed by atoms with Crippen molar-refractivity contribution >= 4 is 5.97 Å². The quantitative estimate of drug-likeness (QED) is 0.559. The number of esters is 1. The largest absolute Gasteiger partial charge is 0.462 e. The van der Waals surface area contributed by atoms with Crippen LogP contribution in [0.15, 0.2) is 0 Å². The maximum absolute atomic E-state index is 11.7. The lowest BCUT2D eigenvalue weighted by molar-refractivity contribution is -0.149. The van der Waals surface area contributed by atoms with Crippen LogP contribution in [0.1, 0.15) is 48.0 Å². The van der Waals surface area contributed by atoms with E-state index in [0.717, 1.165) is 6.42 Å². The zero-order valence-electron chi connectivity index (χ0n) is 10.2. The van der Waals surface area contributed by atoms with Gasteiger partial charge in [0.05, 0.1) is 5.92 Å². The molecule has 2 unspecified atom stereocenters. The Labute approximate surface area is 87.0 Å². The third kappa shape index (κ3) is 2.28. The minimum absolute atomic E-state index is 0.0163. The second kappa shape index (κ2) is 3.25. The lowest BCUT2D eigenvalue weighted by Gasteiger charge is -2.26.